The van der Waals surface area contributed by atoms with Gasteiger partial charge in [0.1, 0.15) is 54.5 Å². The summed E-state index contributed by atoms with van der Waals surface area (Å²) in [5.74, 6) is -1.36. The van der Waals surface area contributed by atoms with Crippen molar-refractivity contribution in [3.8, 4) is 0 Å². The first-order valence-corrected chi connectivity index (χ1v) is 15.9. The molecule has 2 aromatic rings. The van der Waals surface area contributed by atoms with Crippen LogP contribution in [0.2, 0.25) is 0 Å². The van der Waals surface area contributed by atoms with Crippen molar-refractivity contribution in [2.24, 2.45) is 0 Å². The van der Waals surface area contributed by atoms with Crippen LogP contribution in [0.5, 0.6) is 0 Å². The molecule has 274 valence electrons. The van der Waals surface area contributed by atoms with Gasteiger partial charge in [0, 0.05) is 13.0 Å². The summed E-state index contributed by atoms with van der Waals surface area (Å²) in [6.07, 6.45) is -8.16. The SMILES string of the molecule is COC(=O)CCCCCCCCO[C@@H]1OC(CO)[C@@H](OC2OC(CO)[C@H](O)C(O)C2O)C(O)C1NC(=O)c1cnc2nc(N)[nH]c(=O)c2n1. The van der Waals surface area contributed by atoms with Crippen LogP contribution in [-0.4, -0.2) is 151 Å². The molecule has 1 amide bonds. The summed E-state index contributed by atoms with van der Waals surface area (Å²) in [4.78, 5) is 51.1. The number of hydrogen-bond donors (Lipinski definition) is 9. The van der Waals surface area contributed by atoms with E-state index >= 15 is 0 Å². The molecule has 20 heteroatoms. The number of aliphatic hydroxyl groups excluding tert-OH is 6. The van der Waals surface area contributed by atoms with Gasteiger partial charge in [-0.3, -0.25) is 19.4 Å². The van der Waals surface area contributed by atoms with Gasteiger partial charge in [0.05, 0.1) is 26.5 Å². The van der Waals surface area contributed by atoms with E-state index in [1.54, 1.807) is 0 Å². The molecule has 2 aliphatic rings. The monoisotopic (exact) mass is 700 g/mol. The summed E-state index contributed by atoms with van der Waals surface area (Å²) < 4.78 is 27.6. The molecule has 0 bridgehead atoms. The fourth-order valence-electron chi connectivity index (χ4n) is 5.51. The van der Waals surface area contributed by atoms with Gasteiger partial charge in [0.15, 0.2) is 23.7 Å². The molecule has 7 unspecified atom stereocenters. The fraction of sp³-hybridized carbons (Fsp3) is 0.724. The Kier molecular flexibility index (Phi) is 14.1. The van der Waals surface area contributed by atoms with E-state index in [1.807, 2.05) is 0 Å². The minimum absolute atomic E-state index is 0.109. The summed E-state index contributed by atoms with van der Waals surface area (Å²) in [7, 11) is 1.35. The van der Waals surface area contributed by atoms with E-state index in [4.69, 9.17) is 24.7 Å². The third-order valence-electron chi connectivity index (χ3n) is 8.24. The zero-order valence-electron chi connectivity index (χ0n) is 26.8. The van der Waals surface area contributed by atoms with E-state index in [0.29, 0.717) is 19.3 Å². The molecule has 0 spiro atoms. The van der Waals surface area contributed by atoms with Crippen LogP contribution in [0.15, 0.2) is 11.0 Å². The first-order valence-electron chi connectivity index (χ1n) is 15.9. The Balaban J connectivity index is 1.47. The molecule has 4 heterocycles. The number of nitrogens with zero attached hydrogens (tertiary/aromatic N) is 3. The molecule has 0 aromatic carbocycles. The lowest BCUT2D eigenvalue weighted by Gasteiger charge is -2.47. The Bertz CT molecular complexity index is 1450. The highest BCUT2D eigenvalue weighted by atomic mass is 16.7. The van der Waals surface area contributed by atoms with Crippen molar-refractivity contribution in [3.05, 3.63) is 22.2 Å². The van der Waals surface area contributed by atoms with E-state index in [-0.39, 0.29) is 35.4 Å². The highest BCUT2D eigenvalue weighted by molar-refractivity contribution is 5.93. The first kappa shape index (κ1) is 38.4. The lowest BCUT2D eigenvalue weighted by atomic mass is 9.95. The Morgan fingerprint density at radius 1 is 0.918 bits per heavy atom. The van der Waals surface area contributed by atoms with Gasteiger partial charge in [0.25, 0.3) is 11.5 Å². The predicted octanol–water partition coefficient (Wildman–Crippen LogP) is -3.42. The molecule has 2 aliphatic heterocycles. The van der Waals surface area contributed by atoms with E-state index in [9.17, 15) is 45.0 Å². The number of anilines is 1. The van der Waals surface area contributed by atoms with Crippen LogP contribution < -0.4 is 16.6 Å². The largest absolute Gasteiger partial charge is 0.469 e. The molecule has 10 N–H and O–H groups in total. The molecular weight excluding hydrogens is 656 g/mol. The normalized spacial score (nSPS) is 30.3. The average molecular weight is 701 g/mol. The molecule has 4 rings (SSSR count). The number of ether oxygens (including phenoxy) is 5. The quantitative estimate of drug-likeness (QED) is 0.0608. The van der Waals surface area contributed by atoms with Crippen LogP contribution in [0, 0.1) is 0 Å². The third-order valence-corrected chi connectivity index (χ3v) is 8.24. The zero-order chi connectivity index (χ0) is 35.7. The van der Waals surface area contributed by atoms with Crippen LogP contribution in [0.4, 0.5) is 5.95 Å². The molecule has 2 fully saturated rings. The Morgan fingerprint density at radius 3 is 2.29 bits per heavy atom. The number of aromatic nitrogens is 4. The van der Waals surface area contributed by atoms with Crippen molar-refractivity contribution in [2.45, 2.75) is 106 Å². The van der Waals surface area contributed by atoms with Crippen LogP contribution in [0.3, 0.4) is 0 Å². The third kappa shape index (κ3) is 9.63. The number of nitrogens with two attached hydrogens (primary N) is 1. The van der Waals surface area contributed by atoms with Gasteiger partial charge >= 0.3 is 5.97 Å². The molecule has 10 atom stereocenters. The van der Waals surface area contributed by atoms with Gasteiger partial charge in [0.2, 0.25) is 5.95 Å². The number of H-pyrrole nitrogens is 1. The highest BCUT2D eigenvalue weighted by Crippen LogP contribution is 2.30. The predicted molar refractivity (Wildman–Crippen MR) is 164 cm³/mol. The lowest BCUT2D eigenvalue weighted by Crippen LogP contribution is -2.67. The second kappa shape index (κ2) is 18.0. The van der Waals surface area contributed by atoms with Crippen molar-refractivity contribution in [3.63, 3.8) is 0 Å². The zero-order valence-corrected chi connectivity index (χ0v) is 26.8. The standard InChI is InChI=1S/C29H44N6O14/c1-45-16(38)8-6-4-2-3-5-7-9-46-27-17(33-25(43)13-10-31-24-18(32-13)26(44)35-29(30)34-24)20(40)23(15(12-37)48-27)49-28-22(42)21(41)19(39)14(11-36)47-28/h10,14-15,17,19-23,27-28,36-37,39-42H,2-9,11-12H2,1H3,(H,33,43)(H3,30,31,34,35,44)/t14?,15?,17?,19-,20?,21?,22?,23+,27+,28?/m0/s1. The smallest absolute Gasteiger partial charge is 0.305 e. The van der Waals surface area contributed by atoms with Crippen LogP contribution in [0.25, 0.3) is 11.2 Å². The number of carbonyl (C=O) groups excluding carboxylic acids is 2. The second-order valence-electron chi connectivity index (χ2n) is 11.7. The number of fused-ring (bicyclic) bond motifs is 1. The van der Waals surface area contributed by atoms with Crippen molar-refractivity contribution >= 4 is 29.0 Å². The average Bonchev–Trinajstić information content (AvgIpc) is 3.09. The maximum absolute atomic E-state index is 13.4. The van der Waals surface area contributed by atoms with Crippen molar-refractivity contribution in [2.75, 3.05) is 32.7 Å². The van der Waals surface area contributed by atoms with Crippen molar-refractivity contribution in [1.29, 1.82) is 0 Å². The van der Waals surface area contributed by atoms with Gasteiger partial charge in [-0.25, -0.2) is 9.97 Å². The topological polar surface area (TPSA) is 311 Å². The minimum atomic E-state index is -1.83. The van der Waals surface area contributed by atoms with E-state index in [2.05, 4.69) is 30.0 Å². The number of rotatable bonds is 16. The summed E-state index contributed by atoms with van der Waals surface area (Å²) in [6, 6.07) is -1.40. The van der Waals surface area contributed by atoms with Crippen LogP contribution >= 0.6 is 0 Å². The Morgan fingerprint density at radius 2 is 1.59 bits per heavy atom. The van der Waals surface area contributed by atoms with Crippen molar-refractivity contribution in [1.82, 2.24) is 25.3 Å². The molecule has 49 heavy (non-hydrogen) atoms. The molecule has 20 nitrogen and oxygen atoms in total. The highest BCUT2D eigenvalue weighted by Gasteiger charge is 2.51. The number of amides is 1. The number of nitrogen functional groups attached to an aromatic ring is 1. The van der Waals surface area contributed by atoms with E-state index in [0.717, 1.165) is 31.9 Å². The second-order valence-corrected chi connectivity index (χ2v) is 11.7. The van der Waals surface area contributed by atoms with Crippen LogP contribution in [0.1, 0.15) is 55.4 Å². The summed E-state index contributed by atoms with van der Waals surface area (Å²) in [6.45, 7) is -1.33. The van der Waals surface area contributed by atoms with Gasteiger partial charge in [-0.15, -0.1) is 0 Å². The number of methoxy groups -OCH3 is 1. The summed E-state index contributed by atoms with van der Waals surface area (Å²) >= 11 is 0. The summed E-state index contributed by atoms with van der Waals surface area (Å²) in [5, 5.41) is 64.6. The molecular formula is C29H44N6O14. The molecule has 0 aliphatic carbocycles. The summed E-state index contributed by atoms with van der Waals surface area (Å²) in [5.41, 5.74) is 4.08. The van der Waals surface area contributed by atoms with Gasteiger partial charge < -0.3 is 65.4 Å². The molecule has 2 aromatic heterocycles. The van der Waals surface area contributed by atoms with Crippen molar-refractivity contribution < 1.29 is 63.9 Å². The van der Waals surface area contributed by atoms with Gasteiger partial charge in [-0.05, 0) is 12.8 Å². The number of aromatic amines is 1. The number of hydrogen-bond acceptors (Lipinski definition) is 18. The number of nitrogens with one attached hydrogen (secondary N) is 2. The van der Waals surface area contributed by atoms with E-state index < -0.39 is 86.0 Å². The number of esters is 1. The number of unbranched alkanes of at least 4 members (excludes halogenated alkanes) is 5. The van der Waals surface area contributed by atoms with Gasteiger partial charge in [-0.2, -0.15) is 4.98 Å². The molecule has 0 saturated carbocycles. The Labute approximate surface area is 279 Å². The maximum Gasteiger partial charge on any atom is 0.305 e. The molecule has 2 saturated heterocycles. The number of carbonyl (C=O) groups is 2. The fourth-order valence-corrected chi connectivity index (χ4v) is 5.51. The number of aliphatic hydroxyl groups is 6. The van der Waals surface area contributed by atoms with Crippen LogP contribution in [-0.2, 0) is 28.5 Å². The maximum atomic E-state index is 13.4. The van der Waals surface area contributed by atoms with Gasteiger partial charge in [-0.1, -0.05) is 25.7 Å². The molecule has 0 radical (unpaired) electrons. The van der Waals surface area contributed by atoms with E-state index in [1.165, 1.54) is 7.11 Å². The minimum Gasteiger partial charge on any atom is -0.469 e. The Hall–Kier alpha value is -3.44. The first-order chi connectivity index (χ1) is 23.5. The lowest BCUT2D eigenvalue weighted by molar-refractivity contribution is -0.348.